The molecule has 0 aliphatic rings. The fraction of sp³-hybridized carbons (Fsp3) is 0.0625. The van der Waals surface area contributed by atoms with Crippen LogP contribution in [0.4, 0.5) is 5.69 Å². The fourth-order valence-electron chi connectivity index (χ4n) is 2.63. The van der Waals surface area contributed by atoms with E-state index in [1.807, 2.05) is 23.6 Å². The minimum absolute atomic E-state index is 0.109. The lowest BCUT2D eigenvalue weighted by Crippen LogP contribution is -2.15. The Morgan fingerprint density at radius 1 is 1.23 bits per heavy atom. The van der Waals surface area contributed by atoms with Crippen molar-refractivity contribution < 1.29 is 14.7 Å². The standard InChI is InChI=1S/C16H12N6O3S/c1-21-13(16(24)25)10(8-18-21)20-15(23)9-7-19-22-11(4-5-17-14(9)22)12-3-2-6-26-12/h2-8H,1H3,(H,20,23)(H,24,25). The quantitative estimate of drug-likeness (QED) is 0.570. The van der Waals surface area contributed by atoms with E-state index in [0.717, 1.165) is 10.6 Å². The van der Waals surface area contributed by atoms with Crippen molar-refractivity contribution in [2.24, 2.45) is 7.05 Å². The van der Waals surface area contributed by atoms with Gasteiger partial charge < -0.3 is 10.4 Å². The maximum Gasteiger partial charge on any atom is 0.356 e. The predicted octanol–water partition coefficient (Wildman–Crippen LogP) is 2.14. The lowest BCUT2D eigenvalue weighted by molar-refractivity contribution is 0.0686. The van der Waals surface area contributed by atoms with Gasteiger partial charge in [-0.25, -0.2) is 14.3 Å². The highest BCUT2D eigenvalue weighted by molar-refractivity contribution is 7.13. The molecule has 0 saturated carbocycles. The Morgan fingerprint density at radius 3 is 2.81 bits per heavy atom. The second kappa shape index (κ2) is 6.08. The molecule has 0 aliphatic carbocycles. The lowest BCUT2D eigenvalue weighted by atomic mass is 10.2. The molecule has 0 aromatic carbocycles. The fourth-order valence-corrected chi connectivity index (χ4v) is 3.37. The molecular formula is C16H12N6O3S. The molecule has 1 amide bonds. The zero-order chi connectivity index (χ0) is 18.3. The molecule has 0 aliphatic heterocycles. The number of anilines is 1. The van der Waals surface area contributed by atoms with Crippen LogP contribution >= 0.6 is 11.3 Å². The Labute approximate surface area is 150 Å². The average Bonchev–Trinajstić information content (AvgIpc) is 3.33. The van der Waals surface area contributed by atoms with E-state index < -0.39 is 11.9 Å². The first-order valence-electron chi connectivity index (χ1n) is 7.49. The summed E-state index contributed by atoms with van der Waals surface area (Å²) in [5, 5.41) is 21.9. The van der Waals surface area contributed by atoms with Crippen LogP contribution in [0, 0.1) is 0 Å². The number of thiophene rings is 1. The molecule has 10 heteroatoms. The number of fused-ring (bicyclic) bond motifs is 1. The highest BCUT2D eigenvalue weighted by Crippen LogP contribution is 2.25. The summed E-state index contributed by atoms with van der Waals surface area (Å²) in [4.78, 5) is 29.2. The summed E-state index contributed by atoms with van der Waals surface area (Å²) in [6.07, 6.45) is 4.30. The van der Waals surface area contributed by atoms with Gasteiger partial charge in [0, 0.05) is 13.2 Å². The third-order valence-corrected chi connectivity index (χ3v) is 4.70. The van der Waals surface area contributed by atoms with Gasteiger partial charge in [0.05, 0.1) is 28.7 Å². The Balaban J connectivity index is 1.73. The van der Waals surface area contributed by atoms with Crippen LogP contribution in [0.2, 0.25) is 0 Å². The Kier molecular flexibility index (Phi) is 3.73. The normalized spacial score (nSPS) is 11.0. The molecule has 4 heterocycles. The van der Waals surface area contributed by atoms with E-state index in [-0.39, 0.29) is 16.9 Å². The molecule has 0 atom stereocenters. The molecule has 0 spiro atoms. The molecule has 0 fully saturated rings. The number of carboxylic acids is 1. The van der Waals surface area contributed by atoms with E-state index in [9.17, 15) is 14.7 Å². The van der Waals surface area contributed by atoms with Crippen molar-refractivity contribution in [1.82, 2.24) is 24.4 Å². The number of nitrogens with one attached hydrogen (secondary N) is 1. The average molecular weight is 368 g/mol. The van der Waals surface area contributed by atoms with Crippen LogP contribution in [-0.2, 0) is 7.05 Å². The smallest absolute Gasteiger partial charge is 0.356 e. The van der Waals surface area contributed by atoms with Crippen molar-refractivity contribution in [3.63, 3.8) is 0 Å². The molecule has 0 unspecified atom stereocenters. The van der Waals surface area contributed by atoms with Crippen molar-refractivity contribution in [2.75, 3.05) is 5.32 Å². The molecule has 4 rings (SSSR count). The zero-order valence-electron chi connectivity index (χ0n) is 13.4. The summed E-state index contributed by atoms with van der Waals surface area (Å²) in [6, 6.07) is 5.70. The first-order chi connectivity index (χ1) is 12.6. The number of aromatic carboxylic acids is 1. The number of amides is 1. The molecule has 4 aromatic heterocycles. The monoisotopic (exact) mass is 368 g/mol. The van der Waals surface area contributed by atoms with Gasteiger partial charge in [0.15, 0.2) is 11.3 Å². The number of carbonyl (C=O) groups is 2. The van der Waals surface area contributed by atoms with Crippen LogP contribution < -0.4 is 5.32 Å². The lowest BCUT2D eigenvalue weighted by Gasteiger charge is -2.04. The van der Waals surface area contributed by atoms with Gasteiger partial charge in [0.2, 0.25) is 0 Å². The Hall–Kier alpha value is -3.53. The van der Waals surface area contributed by atoms with E-state index in [2.05, 4.69) is 20.5 Å². The van der Waals surface area contributed by atoms with Gasteiger partial charge in [-0.05, 0) is 17.5 Å². The number of aryl methyl sites for hydroxylation is 1. The highest BCUT2D eigenvalue weighted by Gasteiger charge is 2.21. The van der Waals surface area contributed by atoms with Crippen LogP contribution in [0.25, 0.3) is 16.2 Å². The number of carbonyl (C=O) groups excluding carboxylic acids is 1. The largest absolute Gasteiger partial charge is 0.476 e. The Morgan fingerprint density at radius 2 is 2.08 bits per heavy atom. The molecule has 9 nitrogen and oxygen atoms in total. The maximum absolute atomic E-state index is 12.6. The number of nitrogens with zero attached hydrogens (tertiary/aromatic N) is 5. The summed E-state index contributed by atoms with van der Waals surface area (Å²) in [5.41, 5.74) is 1.44. The summed E-state index contributed by atoms with van der Waals surface area (Å²) in [6.45, 7) is 0. The summed E-state index contributed by atoms with van der Waals surface area (Å²) < 4.78 is 2.77. The molecule has 130 valence electrons. The van der Waals surface area contributed by atoms with Crippen molar-refractivity contribution >= 4 is 34.5 Å². The van der Waals surface area contributed by atoms with E-state index in [4.69, 9.17) is 0 Å². The van der Waals surface area contributed by atoms with Crippen LogP contribution in [-0.4, -0.2) is 41.4 Å². The van der Waals surface area contributed by atoms with Crippen molar-refractivity contribution in [3.05, 3.63) is 53.4 Å². The molecule has 26 heavy (non-hydrogen) atoms. The molecule has 4 aromatic rings. The number of hydrogen-bond donors (Lipinski definition) is 2. The summed E-state index contributed by atoms with van der Waals surface area (Å²) in [7, 11) is 1.49. The van der Waals surface area contributed by atoms with Crippen molar-refractivity contribution in [3.8, 4) is 10.6 Å². The SMILES string of the molecule is Cn1ncc(NC(=O)c2cnn3c(-c4cccs4)ccnc23)c1C(=O)O. The van der Waals surface area contributed by atoms with Crippen molar-refractivity contribution in [2.45, 2.75) is 0 Å². The Bertz CT molecular complexity index is 1130. The topological polar surface area (TPSA) is 114 Å². The van der Waals surface area contributed by atoms with E-state index in [0.29, 0.717) is 5.65 Å². The highest BCUT2D eigenvalue weighted by atomic mass is 32.1. The number of aromatic nitrogens is 5. The van der Waals surface area contributed by atoms with Gasteiger partial charge in [0.1, 0.15) is 5.56 Å². The maximum atomic E-state index is 12.6. The third kappa shape index (κ3) is 2.52. The molecular weight excluding hydrogens is 356 g/mol. The number of rotatable bonds is 4. The second-order valence-electron chi connectivity index (χ2n) is 5.39. The van der Waals surface area contributed by atoms with Gasteiger partial charge in [-0.1, -0.05) is 6.07 Å². The number of hydrogen-bond acceptors (Lipinski definition) is 6. The molecule has 2 N–H and O–H groups in total. The van der Waals surface area contributed by atoms with Crippen LogP contribution in [0.5, 0.6) is 0 Å². The van der Waals surface area contributed by atoms with E-state index in [1.165, 1.54) is 24.1 Å². The van der Waals surface area contributed by atoms with Crippen molar-refractivity contribution in [1.29, 1.82) is 0 Å². The van der Waals surface area contributed by atoms with Gasteiger partial charge in [0.25, 0.3) is 5.91 Å². The third-order valence-electron chi connectivity index (χ3n) is 3.81. The predicted molar refractivity (Wildman–Crippen MR) is 94.4 cm³/mol. The van der Waals surface area contributed by atoms with Gasteiger partial charge >= 0.3 is 5.97 Å². The first-order valence-corrected chi connectivity index (χ1v) is 8.37. The van der Waals surface area contributed by atoms with Crippen LogP contribution in [0.3, 0.4) is 0 Å². The minimum Gasteiger partial charge on any atom is -0.476 e. The molecule has 0 bridgehead atoms. The second-order valence-corrected chi connectivity index (χ2v) is 6.34. The van der Waals surface area contributed by atoms with Crippen LogP contribution in [0.1, 0.15) is 20.8 Å². The van der Waals surface area contributed by atoms with Crippen LogP contribution in [0.15, 0.2) is 42.2 Å². The van der Waals surface area contributed by atoms with Gasteiger partial charge in [-0.2, -0.15) is 10.2 Å². The first kappa shape index (κ1) is 16.0. The molecule has 0 radical (unpaired) electrons. The van der Waals surface area contributed by atoms with Gasteiger partial charge in [-0.3, -0.25) is 9.48 Å². The van der Waals surface area contributed by atoms with Gasteiger partial charge in [-0.15, -0.1) is 11.3 Å². The summed E-state index contributed by atoms with van der Waals surface area (Å²) in [5.74, 6) is -1.69. The number of carboxylic acid groups (broad SMARTS) is 1. The summed E-state index contributed by atoms with van der Waals surface area (Å²) >= 11 is 1.55. The van der Waals surface area contributed by atoms with E-state index in [1.54, 1.807) is 22.0 Å². The van der Waals surface area contributed by atoms with E-state index >= 15 is 0 Å². The zero-order valence-corrected chi connectivity index (χ0v) is 14.3. The molecule has 0 saturated heterocycles. The minimum atomic E-state index is -1.18.